The van der Waals surface area contributed by atoms with Crippen LogP contribution >= 0.6 is 113 Å². The van der Waals surface area contributed by atoms with Gasteiger partial charge in [0.2, 0.25) is 0 Å². The Hall–Kier alpha value is -5.13. The number of alkyl halides is 5. The number of methoxy groups -OCH3 is 6. The number of benzene rings is 7. The van der Waals surface area contributed by atoms with Crippen LogP contribution in [0.4, 0.5) is 0 Å². The molecule has 7 aromatic rings. The highest BCUT2D eigenvalue weighted by atomic mass is 127. The van der Waals surface area contributed by atoms with E-state index in [-0.39, 0.29) is 47.5 Å². The molecule has 27 heteroatoms. The average molecular weight is 2630 g/mol. The Balaban J connectivity index is 0.000000181. The largest absolute Gasteiger partial charge is 0.497 e. The Morgan fingerprint density at radius 1 is 0.400 bits per heavy atom. The summed E-state index contributed by atoms with van der Waals surface area (Å²) in [4.78, 5) is 56.5. The minimum atomic E-state index is -0.893. The number of carbonyl (C=O) groups excluding carboxylic acids is 2. The fraction of sp³-hybridized carbons (Fsp3) is 0.626. The molecule has 10 fully saturated rings. The van der Waals surface area contributed by atoms with Gasteiger partial charge in [-0.2, -0.15) is 0 Å². The number of hydrogen-bond acceptors (Lipinski definition) is 21. The van der Waals surface area contributed by atoms with Crippen molar-refractivity contribution in [1.82, 2.24) is 24.5 Å². The maximum Gasteiger partial charge on any atom is 0.337 e. The smallest absolute Gasteiger partial charge is 0.337 e. The lowest BCUT2D eigenvalue weighted by molar-refractivity contribution is -0.136. The van der Waals surface area contributed by atoms with Crippen LogP contribution < -0.4 is 35.3 Å². The van der Waals surface area contributed by atoms with Crippen molar-refractivity contribution in [2.45, 2.75) is 273 Å². The standard InChI is InChI=1S/C27H35NO2.C20H28N2O2.C20H30N2O.C20H29NO2.C20H27NO2.C10H10O4.5CH3I.CH4.H3NO/c1-20-26-16-23-10-11-24(29-2)17-25(23)27(20,12-14-28(26)18-21-8-9-21)13-15-30-19-22-6-4-3-5-7-22;1-14-19-11-16-5-6-17(24-2)12-18(16)20(14,7-9-21-23)8-10-22(19)13-15-3-4-15;1-14-19-11-16-5-6-17(23-2)12-18(16)20(14,7-9-21)8-10-22(19)13-15-3-4-15;2*1-14-19-11-16-5-6-17(23-2)12-18(16)20(14,8-10-22)7-9-21(19)13-15-3-4-15;1-14-10(13)8-4-2-7(3-5-8)6-9(11)12;5*1-2;;1-2/h3-7,10-11,17,20-21,26H,8-9,12-16,18-19H2,1-2H3;5-6,9,12,14-15,19,23H,3-4,7-8,10-11,13H2,1-2H3;5-6,12,14-15,19H,3-4,7-11,13,21H2,1-2H3;5-6,12,14-15,19,22H,3-4,7-11,13H2,1-2H3;5-6,10,12,14-15,19H,3-4,7-9,11,13H2,1-2H3;2-5H,6H2,1H3,(H,11,12);5*1H3;1H4;2H,1H2/b;21-9+;;;;;;;;;;;/t20-,26+,27-;2*14-,19+,20+;2*14-,19+,20-;;;;;;;;/m00000......../s1. The third-order valence-corrected chi connectivity index (χ3v) is 36.8. The van der Waals surface area contributed by atoms with Crippen molar-refractivity contribution >= 4 is 137 Å². The van der Waals surface area contributed by atoms with E-state index < -0.39 is 11.9 Å². The molecular formula is C123H181I5N8O14. The summed E-state index contributed by atoms with van der Waals surface area (Å²) >= 11 is 10.8. The first-order valence-corrected chi connectivity index (χ1v) is 65.5. The lowest BCUT2D eigenvalue weighted by Crippen LogP contribution is -2.59. The zero-order chi connectivity index (χ0) is 108. The van der Waals surface area contributed by atoms with Gasteiger partial charge in [-0.05, 0) is 417 Å². The van der Waals surface area contributed by atoms with Crippen molar-refractivity contribution in [3.63, 3.8) is 0 Å². The van der Waals surface area contributed by atoms with Gasteiger partial charge in [-0.1, -0.05) is 228 Å². The molecule has 15 aliphatic rings. The lowest BCUT2D eigenvalue weighted by Gasteiger charge is -2.56. The van der Waals surface area contributed by atoms with Gasteiger partial charge in [-0.3, -0.25) is 29.3 Å². The van der Waals surface area contributed by atoms with Gasteiger partial charge in [0.15, 0.2) is 0 Å². The van der Waals surface area contributed by atoms with Gasteiger partial charge in [0.05, 0.1) is 61.2 Å². The molecule has 8 N–H and O–H groups in total. The summed E-state index contributed by atoms with van der Waals surface area (Å²) in [5.74, 6) is 14.7. The number of piperidine rings is 5. The molecule has 5 aliphatic heterocycles. The van der Waals surface area contributed by atoms with E-state index in [0.717, 1.165) is 155 Å². The zero-order valence-corrected chi connectivity index (χ0v) is 103. The second kappa shape index (κ2) is 61.3. The molecule has 0 aromatic heterocycles. The molecule has 0 amide bonds. The zero-order valence-electron chi connectivity index (χ0n) is 92.1. The van der Waals surface area contributed by atoms with Crippen LogP contribution in [-0.4, -0.2) is 252 Å². The molecule has 0 radical (unpaired) electrons. The van der Waals surface area contributed by atoms with Crippen molar-refractivity contribution in [2.75, 3.05) is 153 Å². The third-order valence-electron chi connectivity index (χ3n) is 36.8. The van der Waals surface area contributed by atoms with Gasteiger partial charge in [0.1, 0.15) is 35.0 Å². The van der Waals surface area contributed by atoms with E-state index in [4.69, 9.17) is 49.7 Å². The maximum atomic E-state index is 11.5. The van der Waals surface area contributed by atoms with Gasteiger partial charge >= 0.3 is 11.9 Å². The van der Waals surface area contributed by atoms with E-state index in [2.05, 4.69) is 309 Å². The first-order valence-electron chi connectivity index (χ1n) is 54.7. The monoisotopic (exact) mass is 2630 g/mol. The molecule has 10 bridgehead atoms. The highest BCUT2D eigenvalue weighted by Crippen LogP contribution is 2.59. The summed E-state index contributed by atoms with van der Waals surface area (Å²) in [5.41, 5.74) is 23.7. The molecular weight excluding hydrogens is 2450 g/mol. The molecule has 10 aliphatic carbocycles. The molecule has 0 unspecified atom stereocenters. The number of aliphatic carboxylic acids is 1. The highest BCUT2D eigenvalue weighted by Gasteiger charge is 2.58. The van der Waals surface area contributed by atoms with E-state index in [1.165, 1.54) is 211 Å². The van der Waals surface area contributed by atoms with Crippen molar-refractivity contribution in [3.05, 3.63) is 218 Å². The van der Waals surface area contributed by atoms with Gasteiger partial charge in [-0.25, -0.2) is 10.7 Å². The fourth-order valence-electron chi connectivity index (χ4n) is 27.7. The number of oxime groups is 1. The van der Waals surface area contributed by atoms with Gasteiger partial charge < -0.3 is 64.3 Å². The van der Waals surface area contributed by atoms with Crippen LogP contribution in [-0.2, 0) is 91.3 Å². The van der Waals surface area contributed by atoms with E-state index >= 15 is 0 Å². The molecule has 22 rings (SSSR count). The number of aldehydes is 1. The molecule has 0 spiro atoms. The Bertz CT molecular complexity index is 5200. The predicted molar refractivity (Wildman–Crippen MR) is 654 cm³/mol. The number of nitrogens with zero attached hydrogens (tertiary/aromatic N) is 6. The summed E-state index contributed by atoms with van der Waals surface area (Å²) in [7, 11) is 10.1. The van der Waals surface area contributed by atoms with Crippen LogP contribution in [0.15, 0.2) is 151 Å². The number of nitrogens with two attached hydrogens (primary N) is 2. The predicted octanol–water partition coefficient (Wildman–Crippen LogP) is 24.2. The number of carboxylic acid groups (broad SMARTS) is 1. The third kappa shape index (κ3) is 30.3. The van der Waals surface area contributed by atoms with Crippen molar-refractivity contribution in [1.29, 1.82) is 0 Å². The molecule has 5 saturated heterocycles. The van der Waals surface area contributed by atoms with Crippen molar-refractivity contribution in [2.24, 2.45) is 76.0 Å². The summed E-state index contributed by atoms with van der Waals surface area (Å²) < 4.78 is 38.3. The number of aliphatic hydroxyl groups excluding tert-OH is 1. The Kier molecular flexibility index (Phi) is 51.8. The van der Waals surface area contributed by atoms with Gasteiger partial charge in [0.25, 0.3) is 0 Å². The number of halogens is 5. The van der Waals surface area contributed by atoms with Gasteiger partial charge in [0, 0.05) is 116 Å². The Morgan fingerprint density at radius 2 is 0.687 bits per heavy atom. The number of rotatable bonds is 31. The van der Waals surface area contributed by atoms with Crippen LogP contribution in [0.5, 0.6) is 28.7 Å². The number of likely N-dealkylation sites (tertiary alicyclic amines) is 5. The molecule has 832 valence electrons. The normalized spacial score (nSPS) is 27.3. The number of carboxylic acids is 1. The van der Waals surface area contributed by atoms with Crippen LogP contribution in [0.2, 0.25) is 0 Å². The maximum absolute atomic E-state index is 11.5. The van der Waals surface area contributed by atoms with E-state index in [1.807, 2.05) is 24.7 Å². The number of carbonyl (C=O) groups is 3. The summed E-state index contributed by atoms with van der Waals surface area (Å²) in [5, 5.41) is 37.1. The number of hydrogen-bond donors (Lipinski definition) is 6. The minimum Gasteiger partial charge on any atom is -0.497 e. The summed E-state index contributed by atoms with van der Waals surface area (Å²) in [6, 6.07) is 53.2. The SMILES string of the molecule is C.CI.CI.CI.CI.CI.COC(=O)c1ccc(CC(=O)O)cc1.COc1ccc2c(c1)[C@]1(C/C=N/O)CCN(CC3CC3)[C@H](C2)[C@@H]1C.COc1ccc2c(c1)[C@]1(CC=O)CCN(CC3CC3)[C@H](C2)[C@@H]1C.COc1ccc2c(c1)[C@]1(CCN)CCN(CC3CC3)[C@H](C2)[C@@H]1C.COc1ccc2c(c1)[C@]1(CCO)CCN(CC3CC3)[C@H](C2)[C@@H]1C.COc1ccc2c(c1)[C@]1(CCOCc3ccccc3)CCN(CC3CC3)[C@H](C2)[C@@H]1C.NO. The van der Waals surface area contributed by atoms with E-state index in [1.54, 1.807) is 66.0 Å². The van der Waals surface area contributed by atoms with E-state index in [0.29, 0.717) is 84.0 Å². The first-order chi connectivity index (χ1) is 72.5. The first kappa shape index (κ1) is 127. The van der Waals surface area contributed by atoms with Crippen LogP contribution in [0.1, 0.15) is 248 Å². The molecule has 15 atom stereocenters. The van der Waals surface area contributed by atoms with Gasteiger partial charge in [-0.15, -0.1) is 5.16 Å². The fourth-order valence-corrected chi connectivity index (χ4v) is 27.7. The van der Waals surface area contributed by atoms with Crippen molar-refractivity contribution in [3.8, 4) is 28.7 Å². The second-order valence-electron chi connectivity index (χ2n) is 44.1. The average Bonchev–Trinajstić information content (AvgIpc) is 1.33. The molecule has 22 nitrogen and oxygen atoms in total. The molecule has 5 heterocycles. The molecule has 5 saturated carbocycles. The Labute approximate surface area is 968 Å². The van der Waals surface area contributed by atoms with E-state index in [9.17, 15) is 19.5 Å². The Morgan fingerprint density at radius 3 is 0.960 bits per heavy atom. The lowest BCUT2D eigenvalue weighted by atomic mass is 9.56. The number of esters is 1. The quantitative estimate of drug-likeness (QED) is 0.00344. The second-order valence-corrected chi connectivity index (χ2v) is 44.1. The number of aliphatic hydroxyl groups is 1. The molecule has 150 heavy (non-hydrogen) atoms. The summed E-state index contributed by atoms with van der Waals surface area (Å²) in [6.45, 7) is 27.1. The van der Waals surface area contributed by atoms with Crippen LogP contribution in [0.3, 0.4) is 0 Å². The van der Waals surface area contributed by atoms with Crippen LogP contribution in [0, 0.1) is 59.2 Å². The van der Waals surface area contributed by atoms with Crippen LogP contribution in [0.25, 0.3) is 0 Å². The highest BCUT2D eigenvalue weighted by molar-refractivity contribution is 14.1. The number of fused-ring (bicyclic) bond motifs is 20. The van der Waals surface area contributed by atoms with Crippen molar-refractivity contribution < 1.29 is 68.2 Å². The number of ether oxygens (including phenoxy) is 7. The topological polar surface area (TPSA) is 277 Å². The summed E-state index contributed by atoms with van der Waals surface area (Å²) in [6.07, 6.45) is 33.2. The molecule has 7 aromatic carbocycles. The minimum absolute atomic E-state index is 0.